The number of primary amides is 1. The van der Waals surface area contributed by atoms with Crippen LogP contribution in [0.25, 0.3) is 22.0 Å². The van der Waals surface area contributed by atoms with Gasteiger partial charge >= 0.3 is 5.97 Å². The van der Waals surface area contributed by atoms with E-state index in [0.29, 0.717) is 17.9 Å². The highest BCUT2D eigenvalue weighted by Crippen LogP contribution is 2.31. The lowest BCUT2D eigenvalue weighted by Crippen LogP contribution is -2.27. The molecule has 0 aliphatic heterocycles. The van der Waals surface area contributed by atoms with E-state index in [0.717, 1.165) is 27.7 Å². The lowest BCUT2D eigenvalue weighted by atomic mass is 9.94. The maximum absolute atomic E-state index is 12.7. The number of ether oxygens (including phenoxy) is 2. The molecule has 0 saturated carbocycles. The van der Waals surface area contributed by atoms with E-state index >= 15 is 0 Å². The molecular weight excluding hydrogens is 468 g/mol. The van der Waals surface area contributed by atoms with E-state index < -0.39 is 23.3 Å². The Balaban J connectivity index is 1.66. The second kappa shape index (κ2) is 10.3. The summed E-state index contributed by atoms with van der Waals surface area (Å²) in [6.45, 7) is 7.67. The maximum atomic E-state index is 12.7. The van der Waals surface area contributed by atoms with E-state index in [4.69, 9.17) is 15.2 Å². The zero-order valence-corrected chi connectivity index (χ0v) is 21.4. The number of ketones is 1. The van der Waals surface area contributed by atoms with Crippen molar-refractivity contribution in [3.8, 4) is 16.9 Å². The van der Waals surface area contributed by atoms with Crippen LogP contribution in [0, 0.1) is 6.92 Å². The second-order valence-electron chi connectivity index (χ2n) is 9.88. The van der Waals surface area contributed by atoms with E-state index in [-0.39, 0.29) is 12.2 Å². The number of Topliss-reactive ketones (excluding diaryl/α,β-unsaturated/α-hetero) is 1. The van der Waals surface area contributed by atoms with Crippen LogP contribution in [0.3, 0.4) is 0 Å². The van der Waals surface area contributed by atoms with E-state index in [2.05, 4.69) is 4.57 Å². The van der Waals surface area contributed by atoms with Crippen LogP contribution in [-0.4, -0.2) is 34.4 Å². The van der Waals surface area contributed by atoms with Crippen LogP contribution < -0.4 is 10.5 Å². The summed E-state index contributed by atoms with van der Waals surface area (Å²) < 4.78 is 13.2. The first-order chi connectivity index (χ1) is 17.5. The third kappa shape index (κ3) is 5.89. The van der Waals surface area contributed by atoms with E-state index in [1.807, 2.05) is 94.4 Å². The molecule has 4 aromatic rings. The standard InChI is InChI=1S/C30H30N2O5/c1-19-15-24-25(11-8-12-26(24)36-18-27(33)37-30(2,3)4)32(19)17-20-13-14-22(21-9-6-5-7-10-21)23(16-20)28(34)29(31)35/h5-16H,17-18H2,1-4H3,(H2,31,35). The fourth-order valence-corrected chi connectivity index (χ4v) is 4.30. The number of carbonyl (C=O) groups excluding carboxylic acids is 3. The van der Waals surface area contributed by atoms with Gasteiger partial charge in [-0.2, -0.15) is 0 Å². The third-order valence-corrected chi connectivity index (χ3v) is 5.86. The van der Waals surface area contributed by atoms with Crippen molar-refractivity contribution in [1.82, 2.24) is 4.57 Å². The van der Waals surface area contributed by atoms with Crippen LogP contribution in [0.4, 0.5) is 0 Å². The monoisotopic (exact) mass is 498 g/mol. The molecular formula is C30H30N2O5. The van der Waals surface area contributed by atoms with E-state index in [9.17, 15) is 14.4 Å². The van der Waals surface area contributed by atoms with Crippen molar-refractivity contribution in [2.24, 2.45) is 5.73 Å². The minimum atomic E-state index is -0.997. The van der Waals surface area contributed by atoms with Crippen molar-refractivity contribution in [1.29, 1.82) is 0 Å². The summed E-state index contributed by atoms with van der Waals surface area (Å²) in [4.78, 5) is 36.6. The molecule has 1 aromatic heterocycles. The normalized spacial score (nSPS) is 11.4. The predicted octanol–water partition coefficient (Wildman–Crippen LogP) is 5.05. The maximum Gasteiger partial charge on any atom is 0.344 e. The van der Waals surface area contributed by atoms with Crippen LogP contribution in [0.1, 0.15) is 42.4 Å². The number of amides is 1. The van der Waals surface area contributed by atoms with Crippen LogP contribution in [-0.2, 0) is 20.9 Å². The molecule has 190 valence electrons. The minimum Gasteiger partial charge on any atom is -0.481 e. The zero-order chi connectivity index (χ0) is 26.7. The molecule has 1 amide bonds. The number of fused-ring (bicyclic) bond motifs is 1. The van der Waals surface area contributed by atoms with Gasteiger partial charge < -0.3 is 19.8 Å². The zero-order valence-electron chi connectivity index (χ0n) is 21.4. The Morgan fingerprint density at radius 1 is 0.919 bits per heavy atom. The first-order valence-electron chi connectivity index (χ1n) is 12.0. The number of aromatic nitrogens is 1. The van der Waals surface area contributed by atoms with Crippen molar-refractivity contribution < 1.29 is 23.9 Å². The quantitative estimate of drug-likeness (QED) is 0.208. The highest BCUT2D eigenvalue weighted by atomic mass is 16.6. The highest BCUT2D eigenvalue weighted by Gasteiger charge is 2.20. The van der Waals surface area contributed by atoms with Crippen molar-refractivity contribution in [2.75, 3.05) is 6.61 Å². The molecule has 0 fully saturated rings. The van der Waals surface area contributed by atoms with Gasteiger partial charge in [-0.25, -0.2) is 4.79 Å². The Morgan fingerprint density at radius 2 is 1.65 bits per heavy atom. The van der Waals surface area contributed by atoms with E-state index in [1.165, 1.54) is 0 Å². The average molecular weight is 499 g/mol. The summed E-state index contributed by atoms with van der Waals surface area (Å²) in [6.07, 6.45) is 0. The van der Waals surface area contributed by atoms with Gasteiger partial charge in [0, 0.05) is 23.2 Å². The third-order valence-electron chi connectivity index (χ3n) is 5.86. The molecule has 7 heteroatoms. The molecule has 4 rings (SSSR count). The molecule has 0 unspecified atom stereocenters. The summed E-state index contributed by atoms with van der Waals surface area (Å²) in [5, 5.41) is 0.859. The summed E-state index contributed by atoms with van der Waals surface area (Å²) in [5.41, 5.74) is 9.24. The molecule has 0 atom stereocenters. The number of esters is 1. The van der Waals surface area contributed by atoms with E-state index in [1.54, 1.807) is 6.07 Å². The minimum absolute atomic E-state index is 0.194. The summed E-state index contributed by atoms with van der Waals surface area (Å²) >= 11 is 0. The molecule has 0 radical (unpaired) electrons. The van der Waals surface area contributed by atoms with Gasteiger partial charge in [-0.1, -0.05) is 48.5 Å². The number of rotatable bonds is 8. The fourth-order valence-electron chi connectivity index (χ4n) is 4.30. The number of hydrogen-bond donors (Lipinski definition) is 1. The number of nitrogens with zero attached hydrogens (tertiary/aromatic N) is 1. The van der Waals surface area contributed by atoms with Crippen LogP contribution in [0.2, 0.25) is 0 Å². The molecule has 1 heterocycles. The second-order valence-corrected chi connectivity index (χ2v) is 9.88. The Kier molecular flexibility index (Phi) is 7.16. The predicted molar refractivity (Wildman–Crippen MR) is 143 cm³/mol. The Labute approximate surface area is 215 Å². The van der Waals surface area contributed by atoms with Gasteiger partial charge in [0.05, 0.1) is 5.52 Å². The topological polar surface area (TPSA) is 101 Å². The molecule has 7 nitrogen and oxygen atoms in total. The first-order valence-corrected chi connectivity index (χ1v) is 12.0. The number of hydrogen-bond acceptors (Lipinski definition) is 5. The van der Waals surface area contributed by atoms with Gasteiger partial charge in [0.2, 0.25) is 0 Å². The Hall–Kier alpha value is -4.39. The largest absolute Gasteiger partial charge is 0.481 e. The summed E-state index contributed by atoms with van der Waals surface area (Å²) in [5.74, 6) is -1.59. The van der Waals surface area contributed by atoms with Gasteiger partial charge in [-0.15, -0.1) is 0 Å². The van der Waals surface area contributed by atoms with Gasteiger partial charge in [0.15, 0.2) is 6.61 Å². The number of benzene rings is 3. The van der Waals surface area contributed by atoms with Crippen LogP contribution in [0.15, 0.2) is 72.8 Å². The van der Waals surface area contributed by atoms with Crippen LogP contribution in [0.5, 0.6) is 5.75 Å². The molecule has 3 aromatic carbocycles. The molecule has 37 heavy (non-hydrogen) atoms. The lowest BCUT2D eigenvalue weighted by molar-refractivity contribution is -0.157. The molecule has 2 N–H and O–H groups in total. The Morgan fingerprint density at radius 3 is 2.32 bits per heavy atom. The van der Waals surface area contributed by atoms with Crippen molar-refractivity contribution in [3.05, 3.63) is 89.6 Å². The smallest absolute Gasteiger partial charge is 0.344 e. The molecule has 0 saturated heterocycles. The van der Waals surface area contributed by atoms with Gasteiger partial charge in [-0.05, 0) is 68.7 Å². The number of nitrogens with two attached hydrogens (primary N) is 1. The fraction of sp³-hybridized carbons (Fsp3) is 0.233. The molecule has 0 aliphatic carbocycles. The van der Waals surface area contributed by atoms with Crippen LogP contribution >= 0.6 is 0 Å². The molecule has 0 bridgehead atoms. The summed E-state index contributed by atoms with van der Waals surface area (Å²) in [6, 6.07) is 22.6. The summed E-state index contributed by atoms with van der Waals surface area (Å²) in [7, 11) is 0. The molecule has 0 aliphatic rings. The first kappa shape index (κ1) is 25.7. The van der Waals surface area contributed by atoms with Gasteiger partial charge in [0.1, 0.15) is 11.4 Å². The highest BCUT2D eigenvalue weighted by molar-refractivity contribution is 6.43. The van der Waals surface area contributed by atoms with Crippen molar-refractivity contribution in [3.63, 3.8) is 0 Å². The average Bonchev–Trinajstić information content (AvgIpc) is 3.17. The van der Waals surface area contributed by atoms with Crippen molar-refractivity contribution >= 4 is 28.6 Å². The van der Waals surface area contributed by atoms with Gasteiger partial charge in [0.25, 0.3) is 11.7 Å². The van der Waals surface area contributed by atoms with Gasteiger partial charge in [-0.3, -0.25) is 9.59 Å². The lowest BCUT2D eigenvalue weighted by Gasteiger charge is -2.19. The Bertz CT molecular complexity index is 1480. The number of carbonyl (C=O) groups is 3. The molecule has 0 spiro atoms. The SMILES string of the molecule is Cc1cc2c(OCC(=O)OC(C)(C)C)cccc2n1Cc1ccc(-c2ccccc2)c(C(=O)C(N)=O)c1. The van der Waals surface area contributed by atoms with Crippen molar-refractivity contribution in [2.45, 2.75) is 39.8 Å². The number of aryl methyl sites for hydroxylation is 1.